The van der Waals surface area contributed by atoms with E-state index >= 15 is 0 Å². The smallest absolute Gasteiger partial charge is 0.271 e. The third-order valence-electron chi connectivity index (χ3n) is 2.44. The van der Waals surface area contributed by atoms with Crippen molar-refractivity contribution in [3.05, 3.63) is 62.1 Å². The summed E-state index contributed by atoms with van der Waals surface area (Å²) in [5.74, 6) is 0.475. The summed E-state index contributed by atoms with van der Waals surface area (Å²) in [4.78, 5) is 21.0. The molecule has 0 aliphatic rings. The molecule has 2 aromatic rings. The molecule has 102 valence electrons. The number of carbonyl (C=O) groups excluding carboxylic acids is 1. The van der Waals surface area contributed by atoms with Gasteiger partial charge in [0.15, 0.2) is 6.29 Å². The minimum atomic E-state index is -0.561. The van der Waals surface area contributed by atoms with Crippen LogP contribution in [-0.2, 0) is 0 Å². The maximum Gasteiger partial charge on any atom is 0.271 e. The Labute approximate surface area is 123 Å². The molecular weight excluding hydrogens is 305 g/mol. The highest BCUT2D eigenvalue weighted by Gasteiger charge is 2.12. The van der Waals surface area contributed by atoms with Crippen LogP contribution in [0.2, 0.25) is 10.0 Å². The van der Waals surface area contributed by atoms with Crippen LogP contribution in [0.1, 0.15) is 10.4 Å². The maximum absolute atomic E-state index is 10.9. The van der Waals surface area contributed by atoms with Gasteiger partial charge in [-0.3, -0.25) is 14.9 Å². The molecule has 0 N–H and O–H groups in total. The van der Waals surface area contributed by atoms with Gasteiger partial charge in [-0.15, -0.1) is 0 Å². The van der Waals surface area contributed by atoms with Crippen LogP contribution < -0.4 is 4.74 Å². The molecule has 0 saturated carbocycles. The van der Waals surface area contributed by atoms with Crippen LogP contribution >= 0.6 is 23.2 Å². The van der Waals surface area contributed by atoms with Crippen LogP contribution in [-0.4, -0.2) is 11.2 Å². The van der Waals surface area contributed by atoms with Gasteiger partial charge in [-0.2, -0.15) is 0 Å². The van der Waals surface area contributed by atoms with Gasteiger partial charge in [0, 0.05) is 17.2 Å². The molecule has 0 aromatic heterocycles. The Morgan fingerprint density at radius 3 is 2.40 bits per heavy atom. The zero-order valence-corrected chi connectivity index (χ0v) is 11.4. The summed E-state index contributed by atoms with van der Waals surface area (Å²) in [6.07, 6.45) is 0.598. The average Bonchev–Trinajstić information content (AvgIpc) is 2.42. The quantitative estimate of drug-likeness (QED) is 0.473. The predicted molar refractivity (Wildman–Crippen MR) is 75.0 cm³/mol. The summed E-state index contributed by atoms with van der Waals surface area (Å²) >= 11 is 11.7. The van der Waals surface area contributed by atoms with Crippen molar-refractivity contribution in [3.8, 4) is 11.5 Å². The summed E-state index contributed by atoms with van der Waals surface area (Å²) in [6, 6.07) is 8.32. The molecule has 0 aliphatic carbocycles. The molecule has 0 unspecified atom stereocenters. The van der Waals surface area contributed by atoms with Crippen molar-refractivity contribution in [1.82, 2.24) is 0 Å². The van der Waals surface area contributed by atoms with Crippen molar-refractivity contribution in [2.75, 3.05) is 0 Å². The molecule has 5 nitrogen and oxygen atoms in total. The van der Waals surface area contributed by atoms with Crippen molar-refractivity contribution in [3.63, 3.8) is 0 Å². The third-order valence-corrected chi connectivity index (χ3v) is 2.98. The van der Waals surface area contributed by atoms with Crippen LogP contribution in [0, 0.1) is 10.1 Å². The normalized spacial score (nSPS) is 10.1. The van der Waals surface area contributed by atoms with Gasteiger partial charge < -0.3 is 4.74 Å². The van der Waals surface area contributed by atoms with E-state index in [9.17, 15) is 14.9 Å². The van der Waals surface area contributed by atoms with Gasteiger partial charge in [0.05, 0.1) is 15.5 Å². The predicted octanol–water partition coefficient (Wildman–Crippen LogP) is 4.51. The number of benzene rings is 2. The highest BCUT2D eigenvalue weighted by molar-refractivity contribution is 6.32. The SMILES string of the molecule is O=Cc1cc(Cl)ccc1Oc1ccc([N+](=O)[O-])cc1Cl. The Hall–Kier alpha value is -2.11. The lowest BCUT2D eigenvalue weighted by Gasteiger charge is -2.09. The van der Waals surface area contributed by atoms with Gasteiger partial charge in [-0.25, -0.2) is 0 Å². The number of hydrogen-bond acceptors (Lipinski definition) is 4. The van der Waals surface area contributed by atoms with Gasteiger partial charge in [0.25, 0.3) is 5.69 Å². The minimum Gasteiger partial charge on any atom is -0.455 e. The van der Waals surface area contributed by atoms with Crippen LogP contribution in [0.3, 0.4) is 0 Å². The van der Waals surface area contributed by atoms with E-state index in [4.69, 9.17) is 27.9 Å². The lowest BCUT2D eigenvalue weighted by Crippen LogP contribution is -1.93. The molecule has 0 spiro atoms. The number of nitrogens with zero attached hydrogens (tertiary/aromatic N) is 1. The van der Waals surface area contributed by atoms with Gasteiger partial charge in [0.1, 0.15) is 11.5 Å². The fourth-order valence-electron chi connectivity index (χ4n) is 1.51. The number of rotatable bonds is 4. The van der Waals surface area contributed by atoms with E-state index in [1.54, 1.807) is 6.07 Å². The van der Waals surface area contributed by atoms with E-state index in [1.807, 2.05) is 0 Å². The average molecular weight is 312 g/mol. The molecule has 0 amide bonds. The van der Waals surface area contributed by atoms with Gasteiger partial charge in [-0.05, 0) is 24.3 Å². The Balaban J connectivity index is 2.35. The molecule has 7 heteroatoms. The van der Waals surface area contributed by atoms with Crippen LogP contribution in [0.4, 0.5) is 5.69 Å². The molecule has 0 bridgehead atoms. The van der Waals surface area contributed by atoms with Crippen molar-refractivity contribution in [1.29, 1.82) is 0 Å². The molecular formula is C13H7Cl2NO4. The first-order valence-corrected chi connectivity index (χ1v) is 6.13. The van der Waals surface area contributed by atoms with E-state index in [0.29, 0.717) is 11.3 Å². The summed E-state index contributed by atoms with van der Waals surface area (Å²) in [6.45, 7) is 0. The first-order valence-electron chi connectivity index (χ1n) is 5.38. The number of ether oxygens (including phenoxy) is 1. The fraction of sp³-hybridized carbons (Fsp3) is 0. The molecule has 0 atom stereocenters. The number of non-ortho nitro benzene ring substituents is 1. The summed E-state index contributed by atoms with van der Waals surface area (Å²) < 4.78 is 5.48. The van der Waals surface area contributed by atoms with E-state index in [-0.39, 0.29) is 27.8 Å². The highest BCUT2D eigenvalue weighted by atomic mass is 35.5. The second-order valence-electron chi connectivity index (χ2n) is 3.77. The van der Waals surface area contributed by atoms with E-state index in [2.05, 4.69) is 0 Å². The number of carbonyl (C=O) groups is 1. The number of nitro groups is 1. The first-order chi connectivity index (χ1) is 9.51. The Morgan fingerprint density at radius 2 is 1.80 bits per heavy atom. The lowest BCUT2D eigenvalue weighted by molar-refractivity contribution is -0.384. The van der Waals surface area contributed by atoms with Gasteiger partial charge >= 0.3 is 0 Å². The molecule has 0 fully saturated rings. The maximum atomic E-state index is 10.9. The molecule has 2 aromatic carbocycles. The van der Waals surface area contributed by atoms with Crippen LogP contribution in [0.25, 0.3) is 0 Å². The lowest BCUT2D eigenvalue weighted by atomic mass is 10.2. The van der Waals surface area contributed by atoms with E-state index in [1.165, 1.54) is 30.3 Å². The largest absolute Gasteiger partial charge is 0.455 e. The molecule has 0 saturated heterocycles. The zero-order valence-electron chi connectivity index (χ0n) is 9.88. The summed E-state index contributed by atoms with van der Waals surface area (Å²) in [5.41, 5.74) is 0.112. The van der Waals surface area contributed by atoms with Crippen molar-refractivity contribution < 1.29 is 14.5 Å². The molecule has 0 aliphatic heterocycles. The van der Waals surface area contributed by atoms with Crippen LogP contribution in [0.15, 0.2) is 36.4 Å². The van der Waals surface area contributed by atoms with E-state index < -0.39 is 4.92 Å². The van der Waals surface area contributed by atoms with Gasteiger partial charge in [0.2, 0.25) is 0 Å². The second kappa shape index (κ2) is 5.90. The summed E-state index contributed by atoms with van der Waals surface area (Å²) in [5, 5.41) is 11.1. The van der Waals surface area contributed by atoms with Crippen LogP contribution in [0.5, 0.6) is 11.5 Å². The number of halogens is 2. The van der Waals surface area contributed by atoms with Gasteiger partial charge in [-0.1, -0.05) is 23.2 Å². The van der Waals surface area contributed by atoms with Crippen molar-refractivity contribution in [2.24, 2.45) is 0 Å². The monoisotopic (exact) mass is 311 g/mol. The molecule has 0 radical (unpaired) electrons. The topological polar surface area (TPSA) is 69.4 Å². The number of aldehydes is 1. The molecule has 0 heterocycles. The second-order valence-corrected chi connectivity index (χ2v) is 4.62. The minimum absolute atomic E-state index is 0.0750. The fourth-order valence-corrected chi connectivity index (χ4v) is 1.90. The standard InChI is InChI=1S/C13H7Cl2NO4/c14-9-1-3-12(8(5-9)7-17)20-13-4-2-10(16(18)19)6-11(13)15/h1-7H. The Kier molecular flexibility index (Phi) is 4.22. The first kappa shape index (κ1) is 14.3. The number of nitro benzene ring substituents is 1. The Morgan fingerprint density at radius 1 is 1.10 bits per heavy atom. The van der Waals surface area contributed by atoms with Crippen molar-refractivity contribution >= 4 is 35.2 Å². The van der Waals surface area contributed by atoms with E-state index in [0.717, 1.165) is 0 Å². The third kappa shape index (κ3) is 3.07. The zero-order chi connectivity index (χ0) is 14.7. The Bertz CT molecular complexity index is 688. The summed E-state index contributed by atoms with van der Waals surface area (Å²) in [7, 11) is 0. The number of hydrogen-bond donors (Lipinski definition) is 0. The highest BCUT2D eigenvalue weighted by Crippen LogP contribution is 2.34. The molecule has 2 rings (SSSR count). The molecule has 20 heavy (non-hydrogen) atoms. The van der Waals surface area contributed by atoms with Crippen molar-refractivity contribution in [2.45, 2.75) is 0 Å².